The Labute approximate surface area is 182 Å². The van der Waals surface area contributed by atoms with E-state index in [0.717, 1.165) is 38.3 Å². The van der Waals surface area contributed by atoms with Crippen LogP contribution in [0.5, 0.6) is 0 Å². The number of benzene rings is 2. The molecule has 4 bridgehead atoms. The zero-order chi connectivity index (χ0) is 19.8. The number of amides is 1. The molecule has 0 heterocycles. The van der Waals surface area contributed by atoms with Crippen LogP contribution in [0.1, 0.15) is 38.5 Å². The number of nitrogens with one attached hydrogen (secondary N) is 2. The minimum Gasteiger partial charge on any atom is -0.324 e. The van der Waals surface area contributed by atoms with Crippen LogP contribution < -0.4 is 10.6 Å². The summed E-state index contributed by atoms with van der Waals surface area (Å²) in [5.74, 6) is 2.69. The largest absolute Gasteiger partial charge is 0.324 e. The van der Waals surface area contributed by atoms with Crippen LogP contribution in [0.15, 0.2) is 58.3 Å². The molecule has 0 unspecified atom stereocenters. The van der Waals surface area contributed by atoms with Crippen molar-refractivity contribution < 1.29 is 4.79 Å². The van der Waals surface area contributed by atoms with Crippen molar-refractivity contribution in [2.75, 3.05) is 11.9 Å². The topological polar surface area (TPSA) is 41.1 Å². The predicted octanol–water partition coefficient (Wildman–Crippen LogP) is 5.99. The van der Waals surface area contributed by atoms with Crippen LogP contribution in [0.2, 0.25) is 5.02 Å². The highest BCUT2D eigenvalue weighted by atomic mass is 35.5. The maximum Gasteiger partial charge on any atom is 0.238 e. The van der Waals surface area contributed by atoms with Crippen molar-refractivity contribution in [1.82, 2.24) is 5.32 Å². The summed E-state index contributed by atoms with van der Waals surface area (Å²) in [5, 5.41) is 7.54. The average molecular weight is 427 g/mol. The molecule has 4 aliphatic rings. The third-order valence-electron chi connectivity index (χ3n) is 6.86. The highest BCUT2D eigenvalue weighted by Crippen LogP contribution is 2.55. The van der Waals surface area contributed by atoms with E-state index in [2.05, 4.69) is 10.6 Å². The van der Waals surface area contributed by atoms with Gasteiger partial charge in [0, 0.05) is 20.4 Å². The fourth-order valence-corrected chi connectivity index (χ4v) is 7.11. The number of carbonyl (C=O) groups excluding carboxylic acids is 1. The second-order valence-electron chi connectivity index (χ2n) is 9.15. The molecular weight excluding hydrogens is 400 g/mol. The maximum absolute atomic E-state index is 12.8. The number of carbonyl (C=O) groups is 1. The molecule has 3 nitrogen and oxygen atoms in total. The van der Waals surface area contributed by atoms with Crippen LogP contribution in [0, 0.1) is 17.8 Å². The van der Waals surface area contributed by atoms with E-state index in [-0.39, 0.29) is 11.4 Å². The lowest BCUT2D eigenvalue weighted by molar-refractivity contribution is -0.116. The highest BCUT2D eigenvalue weighted by Gasteiger charge is 2.50. The van der Waals surface area contributed by atoms with E-state index in [1.54, 1.807) is 11.8 Å². The summed E-state index contributed by atoms with van der Waals surface area (Å²) in [6, 6.07) is 15.8. The molecule has 4 fully saturated rings. The van der Waals surface area contributed by atoms with Crippen molar-refractivity contribution >= 4 is 35.0 Å². The lowest BCUT2D eigenvalue weighted by Gasteiger charge is -2.57. The van der Waals surface area contributed by atoms with Gasteiger partial charge in [-0.15, -0.1) is 0 Å². The third-order valence-corrected chi connectivity index (χ3v) is 8.20. The van der Waals surface area contributed by atoms with Gasteiger partial charge in [-0.25, -0.2) is 0 Å². The Kier molecular flexibility index (Phi) is 5.35. The van der Waals surface area contributed by atoms with Gasteiger partial charge in [0.05, 0.1) is 12.2 Å². The van der Waals surface area contributed by atoms with Crippen molar-refractivity contribution in [3.8, 4) is 0 Å². The van der Waals surface area contributed by atoms with Gasteiger partial charge >= 0.3 is 0 Å². The minimum absolute atomic E-state index is 0.0462. The van der Waals surface area contributed by atoms with Crippen molar-refractivity contribution in [3.63, 3.8) is 0 Å². The van der Waals surface area contributed by atoms with E-state index in [1.807, 2.05) is 48.5 Å². The Morgan fingerprint density at radius 1 is 0.966 bits per heavy atom. The second kappa shape index (κ2) is 7.98. The predicted molar refractivity (Wildman–Crippen MR) is 120 cm³/mol. The van der Waals surface area contributed by atoms with Crippen molar-refractivity contribution in [2.24, 2.45) is 17.8 Å². The molecular formula is C24H27ClN2OS. The zero-order valence-corrected chi connectivity index (χ0v) is 18.1. The smallest absolute Gasteiger partial charge is 0.238 e. The molecule has 0 aliphatic heterocycles. The molecule has 0 radical (unpaired) electrons. The number of halogens is 1. The summed E-state index contributed by atoms with van der Waals surface area (Å²) in [6.07, 6.45) is 8.03. The lowest BCUT2D eigenvalue weighted by atomic mass is 9.53. The first kappa shape index (κ1) is 19.5. The molecule has 4 aliphatic carbocycles. The first-order chi connectivity index (χ1) is 14.1. The lowest BCUT2D eigenvalue weighted by Crippen LogP contribution is -2.59. The van der Waals surface area contributed by atoms with E-state index in [9.17, 15) is 4.79 Å². The van der Waals surface area contributed by atoms with Gasteiger partial charge in [-0.2, -0.15) is 0 Å². The third kappa shape index (κ3) is 4.35. The van der Waals surface area contributed by atoms with Gasteiger partial charge < -0.3 is 10.6 Å². The van der Waals surface area contributed by atoms with Gasteiger partial charge in [0.2, 0.25) is 5.91 Å². The number of rotatable bonds is 6. The van der Waals surface area contributed by atoms with Gasteiger partial charge in [0.15, 0.2) is 0 Å². The van der Waals surface area contributed by atoms with E-state index >= 15 is 0 Å². The molecule has 4 saturated carbocycles. The first-order valence-electron chi connectivity index (χ1n) is 10.6. The SMILES string of the molecule is O=C(CNC12CC3CC(CC(C3)C1)C2)Nc1ccccc1Sc1ccc(Cl)cc1. The standard InChI is InChI=1S/C24H27ClN2OS/c25-19-5-7-20(8-6-19)29-22-4-2-1-3-21(22)27-23(28)15-26-24-12-16-9-17(13-24)11-18(10-16)14-24/h1-8,16-18,26H,9-15H2,(H,27,28). The molecule has 6 rings (SSSR count). The number of hydrogen-bond acceptors (Lipinski definition) is 3. The van der Waals surface area contributed by atoms with Crippen molar-refractivity contribution in [3.05, 3.63) is 53.6 Å². The van der Waals surface area contributed by atoms with Crippen molar-refractivity contribution in [1.29, 1.82) is 0 Å². The van der Waals surface area contributed by atoms with E-state index < -0.39 is 0 Å². The summed E-state index contributed by atoms with van der Waals surface area (Å²) in [5.41, 5.74) is 1.08. The molecule has 5 heteroatoms. The molecule has 0 atom stereocenters. The Balaban J connectivity index is 1.22. The molecule has 0 spiro atoms. The first-order valence-corrected chi connectivity index (χ1v) is 11.8. The molecule has 0 aromatic heterocycles. The molecule has 152 valence electrons. The quantitative estimate of drug-likeness (QED) is 0.596. The van der Waals surface area contributed by atoms with Gasteiger partial charge in [-0.05, 0) is 92.7 Å². The molecule has 29 heavy (non-hydrogen) atoms. The van der Waals surface area contributed by atoms with E-state index in [1.165, 1.54) is 38.5 Å². The molecule has 2 N–H and O–H groups in total. The van der Waals surface area contributed by atoms with E-state index in [0.29, 0.717) is 6.54 Å². The summed E-state index contributed by atoms with van der Waals surface area (Å²) in [6.45, 7) is 0.395. The van der Waals surface area contributed by atoms with Crippen LogP contribution in [-0.2, 0) is 4.79 Å². The van der Waals surface area contributed by atoms with E-state index in [4.69, 9.17) is 11.6 Å². The number of anilines is 1. The fraction of sp³-hybridized carbons (Fsp3) is 0.458. The van der Waals surface area contributed by atoms with Crippen LogP contribution >= 0.6 is 23.4 Å². The van der Waals surface area contributed by atoms with Gasteiger partial charge in [-0.1, -0.05) is 35.5 Å². The van der Waals surface area contributed by atoms with Crippen LogP contribution in [0.25, 0.3) is 0 Å². The van der Waals surface area contributed by atoms with Crippen LogP contribution in [0.4, 0.5) is 5.69 Å². The molecule has 1 amide bonds. The number of para-hydroxylation sites is 1. The second-order valence-corrected chi connectivity index (χ2v) is 10.7. The monoisotopic (exact) mass is 426 g/mol. The van der Waals surface area contributed by atoms with Gasteiger partial charge in [-0.3, -0.25) is 4.79 Å². The summed E-state index contributed by atoms with van der Waals surface area (Å²) in [4.78, 5) is 14.9. The molecule has 2 aromatic carbocycles. The fourth-order valence-electron chi connectivity index (χ4n) is 6.08. The van der Waals surface area contributed by atoms with Crippen molar-refractivity contribution in [2.45, 2.75) is 53.9 Å². The molecule has 2 aromatic rings. The number of hydrogen-bond donors (Lipinski definition) is 2. The highest BCUT2D eigenvalue weighted by molar-refractivity contribution is 7.99. The normalized spacial score (nSPS) is 29.8. The summed E-state index contributed by atoms with van der Waals surface area (Å²) < 4.78 is 0. The molecule has 0 saturated heterocycles. The van der Waals surface area contributed by atoms with Gasteiger partial charge in [0.25, 0.3) is 0 Å². The minimum atomic E-state index is 0.0462. The Morgan fingerprint density at radius 3 is 2.24 bits per heavy atom. The maximum atomic E-state index is 12.8. The van der Waals surface area contributed by atoms with Gasteiger partial charge in [0.1, 0.15) is 0 Å². The van der Waals surface area contributed by atoms with Crippen LogP contribution in [0.3, 0.4) is 0 Å². The van der Waals surface area contributed by atoms with Crippen LogP contribution in [-0.4, -0.2) is 18.0 Å². The Hall–Kier alpha value is -1.49. The average Bonchev–Trinajstić information content (AvgIpc) is 2.69. The summed E-state index contributed by atoms with van der Waals surface area (Å²) in [7, 11) is 0. The summed E-state index contributed by atoms with van der Waals surface area (Å²) >= 11 is 7.62. The Morgan fingerprint density at radius 2 is 1.59 bits per heavy atom. The Bertz CT molecular complexity index is 863. The zero-order valence-electron chi connectivity index (χ0n) is 16.5.